The fourth-order valence-corrected chi connectivity index (χ4v) is 2.85. The Kier molecular flexibility index (Phi) is 5.29. The first-order valence-corrected chi connectivity index (χ1v) is 5.78. The third-order valence-electron chi connectivity index (χ3n) is 2.38. The standard InChI is InChI=1S/C11H15NOS.ClH/c1-13-10-4-2-3-5-11(10)14-9-6-7-12-8-9;/h2-5,9,12H,6-8H2,1H3;1H. The molecule has 1 aliphatic rings. The molecule has 2 nitrogen and oxygen atoms in total. The zero-order valence-electron chi connectivity index (χ0n) is 8.73. The van der Waals surface area contributed by atoms with Crippen molar-refractivity contribution in [1.82, 2.24) is 5.32 Å². The smallest absolute Gasteiger partial charge is 0.132 e. The lowest BCUT2D eigenvalue weighted by Crippen LogP contribution is -2.10. The average Bonchev–Trinajstić information content (AvgIpc) is 2.71. The molecule has 1 aromatic carbocycles. The molecule has 1 aliphatic heterocycles. The summed E-state index contributed by atoms with van der Waals surface area (Å²) >= 11 is 1.91. The van der Waals surface area contributed by atoms with Crippen molar-refractivity contribution in [2.75, 3.05) is 20.2 Å². The van der Waals surface area contributed by atoms with Crippen molar-refractivity contribution in [3.63, 3.8) is 0 Å². The molecule has 1 saturated heterocycles. The summed E-state index contributed by atoms with van der Waals surface area (Å²) in [6, 6.07) is 8.22. The van der Waals surface area contributed by atoms with Gasteiger partial charge in [-0.3, -0.25) is 0 Å². The predicted octanol–water partition coefficient (Wildman–Crippen LogP) is 2.57. The van der Waals surface area contributed by atoms with Gasteiger partial charge in [-0.1, -0.05) is 12.1 Å². The average molecular weight is 246 g/mol. The van der Waals surface area contributed by atoms with E-state index in [2.05, 4.69) is 17.4 Å². The minimum absolute atomic E-state index is 0. The molecule has 0 bridgehead atoms. The number of para-hydroxylation sites is 1. The van der Waals surface area contributed by atoms with E-state index in [0.29, 0.717) is 5.25 Å². The maximum atomic E-state index is 5.31. The van der Waals surface area contributed by atoms with Crippen LogP contribution < -0.4 is 10.1 Å². The van der Waals surface area contributed by atoms with Gasteiger partial charge in [0.1, 0.15) is 5.75 Å². The Balaban J connectivity index is 0.00000112. The zero-order valence-corrected chi connectivity index (χ0v) is 10.4. The molecule has 84 valence electrons. The molecular weight excluding hydrogens is 230 g/mol. The number of methoxy groups -OCH3 is 1. The van der Waals surface area contributed by atoms with E-state index in [1.165, 1.54) is 11.3 Å². The second-order valence-corrected chi connectivity index (χ2v) is 4.73. The van der Waals surface area contributed by atoms with Crippen molar-refractivity contribution in [3.8, 4) is 5.75 Å². The first-order chi connectivity index (χ1) is 6.90. The molecule has 2 rings (SSSR count). The SMILES string of the molecule is COc1ccccc1SC1CCNC1.Cl. The topological polar surface area (TPSA) is 21.3 Å². The van der Waals surface area contributed by atoms with Crippen LogP contribution >= 0.6 is 24.2 Å². The number of thioether (sulfide) groups is 1. The highest BCUT2D eigenvalue weighted by Crippen LogP contribution is 2.33. The predicted molar refractivity (Wildman–Crippen MR) is 67.4 cm³/mol. The van der Waals surface area contributed by atoms with Crippen molar-refractivity contribution in [3.05, 3.63) is 24.3 Å². The van der Waals surface area contributed by atoms with Crippen molar-refractivity contribution < 1.29 is 4.74 Å². The van der Waals surface area contributed by atoms with Crippen LogP contribution in [0.1, 0.15) is 6.42 Å². The molecule has 15 heavy (non-hydrogen) atoms. The summed E-state index contributed by atoms with van der Waals surface area (Å²) in [5, 5.41) is 4.07. The zero-order chi connectivity index (χ0) is 9.80. The van der Waals surface area contributed by atoms with Gasteiger partial charge >= 0.3 is 0 Å². The van der Waals surface area contributed by atoms with Crippen LogP contribution in [0.25, 0.3) is 0 Å². The summed E-state index contributed by atoms with van der Waals surface area (Å²) in [6.45, 7) is 2.26. The van der Waals surface area contributed by atoms with Crippen LogP contribution in [-0.2, 0) is 0 Å². The molecular formula is C11H16ClNOS. The normalized spacial score (nSPS) is 19.7. The molecule has 4 heteroatoms. The van der Waals surface area contributed by atoms with E-state index in [0.717, 1.165) is 18.8 Å². The molecule has 0 aromatic heterocycles. The van der Waals surface area contributed by atoms with Gasteiger partial charge in [0.15, 0.2) is 0 Å². The Bertz CT molecular complexity index is 302. The van der Waals surface area contributed by atoms with Crippen molar-refractivity contribution >= 4 is 24.2 Å². The molecule has 0 amide bonds. The fourth-order valence-electron chi connectivity index (χ4n) is 1.62. The Morgan fingerprint density at radius 3 is 2.87 bits per heavy atom. The number of ether oxygens (including phenoxy) is 1. The van der Waals surface area contributed by atoms with Gasteiger partial charge in [-0.15, -0.1) is 24.2 Å². The maximum absolute atomic E-state index is 5.31. The summed E-state index contributed by atoms with van der Waals surface area (Å²) in [5.41, 5.74) is 0. The Morgan fingerprint density at radius 2 is 2.20 bits per heavy atom. The van der Waals surface area contributed by atoms with E-state index in [9.17, 15) is 0 Å². The molecule has 1 aromatic rings. The van der Waals surface area contributed by atoms with Gasteiger partial charge in [0.25, 0.3) is 0 Å². The van der Waals surface area contributed by atoms with Crippen molar-refractivity contribution in [2.45, 2.75) is 16.6 Å². The molecule has 1 unspecified atom stereocenters. The molecule has 0 radical (unpaired) electrons. The van der Waals surface area contributed by atoms with E-state index in [1.54, 1.807) is 7.11 Å². The number of nitrogens with one attached hydrogen (secondary N) is 1. The van der Waals surface area contributed by atoms with Crippen LogP contribution in [0, 0.1) is 0 Å². The summed E-state index contributed by atoms with van der Waals surface area (Å²) in [7, 11) is 1.73. The van der Waals surface area contributed by atoms with Crippen LogP contribution in [0.2, 0.25) is 0 Å². The Hall–Kier alpha value is -0.380. The molecule has 1 atom stereocenters. The highest BCUT2D eigenvalue weighted by molar-refractivity contribution is 8.00. The molecule has 1 heterocycles. The fraction of sp³-hybridized carbons (Fsp3) is 0.455. The molecule has 0 spiro atoms. The van der Waals surface area contributed by atoms with Crippen LogP contribution in [0.3, 0.4) is 0 Å². The van der Waals surface area contributed by atoms with E-state index in [4.69, 9.17) is 4.74 Å². The van der Waals surface area contributed by atoms with Crippen LogP contribution in [0.5, 0.6) is 5.75 Å². The summed E-state index contributed by atoms with van der Waals surface area (Å²) in [5.74, 6) is 0.990. The van der Waals surface area contributed by atoms with E-state index < -0.39 is 0 Å². The van der Waals surface area contributed by atoms with Crippen LogP contribution in [-0.4, -0.2) is 25.4 Å². The Morgan fingerprint density at radius 1 is 1.40 bits per heavy atom. The Labute approximate surface area is 101 Å². The van der Waals surface area contributed by atoms with Gasteiger partial charge in [0.05, 0.1) is 7.11 Å². The first kappa shape index (κ1) is 12.7. The summed E-state index contributed by atoms with van der Waals surface area (Å²) in [4.78, 5) is 1.25. The van der Waals surface area contributed by atoms with Gasteiger partial charge < -0.3 is 10.1 Å². The number of hydrogen-bond acceptors (Lipinski definition) is 3. The molecule has 0 saturated carbocycles. The molecule has 0 aliphatic carbocycles. The largest absolute Gasteiger partial charge is 0.496 e. The maximum Gasteiger partial charge on any atom is 0.132 e. The third-order valence-corrected chi connectivity index (χ3v) is 3.70. The summed E-state index contributed by atoms with van der Waals surface area (Å²) in [6.07, 6.45) is 1.25. The molecule has 1 fully saturated rings. The quantitative estimate of drug-likeness (QED) is 0.885. The van der Waals surface area contributed by atoms with E-state index in [-0.39, 0.29) is 12.4 Å². The second kappa shape index (κ2) is 6.26. The minimum Gasteiger partial charge on any atom is -0.496 e. The van der Waals surface area contributed by atoms with E-state index in [1.807, 2.05) is 23.9 Å². The lowest BCUT2D eigenvalue weighted by atomic mass is 10.3. The molecule has 1 N–H and O–H groups in total. The van der Waals surface area contributed by atoms with Crippen LogP contribution in [0.4, 0.5) is 0 Å². The van der Waals surface area contributed by atoms with Gasteiger partial charge in [0, 0.05) is 16.7 Å². The number of rotatable bonds is 3. The minimum atomic E-state index is 0. The van der Waals surface area contributed by atoms with Crippen molar-refractivity contribution in [2.24, 2.45) is 0 Å². The third kappa shape index (κ3) is 3.30. The van der Waals surface area contributed by atoms with Crippen molar-refractivity contribution in [1.29, 1.82) is 0 Å². The summed E-state index contributed by atoms with van der Waals surface area (Å²) < 4.78 is 5.31. The van der Waals surface area contributed by atoms with Gasteiger partial charge in [-0.2, -0.15) is 0 Å². The lowest BCUT2D eigenvalue weighted by molar-refractivity contribution is 0.404. The highest BCUT2D eigenvalue weighted by atomic mass is 35.5. The monoisotopic (exact) mass is 245 g/mol. The van der Waals surface area contributed by atoms with Gasteiger partial charge in [-0.05, 0) is 25.1 Å². The highest BCUT2D eigenvalue weighted by Gasteiger charge is 2.16. The van der Waals surface area contributed by atoms with Gasteiger partial charge in [-0.25, -0.2) is 0 Å². The second-order valence-electron chi connectivity index (χ2n) is 3.38. The number of benzene rings is 1. The van der Waals surface area contributed by atoms with E-state index >= 15 is 0 Å². The number of hydrogen-bond donors (Lipinski definition) is 1. The van der Waals surface area contributed by atoms with Crippen LogP contribution in [0.15, 0.2) is 29.2 Å². The van der Waals surface area contributed by atoms with Gasteiger partial charge in [0.2, 0.25) is 0 Å². The first-order valence-electron chi connectivity index (χ1n) is 4.90. The lowest BCUT2D eigenvalue weighted by Gasteiger charge is -2.11. The number of halogens is 1.